The van der Waals surface area contributed by atoms with Gasteiger partial charge < -0.3 is 24.4 Å². The molecule has 1 aliphatic heterocycles. The summed E-state index contributed by atoms with van der Waals surface area (Å²) in [6, 6.07) is 3.34. The third kappa shape index (κ3) is 5.97. The molecule has 0 saturated carbocycles. The Morgan fingerprint density at radius 3 is 2.16 bits per heavy atom. The van der Waals surface area contributed by atoms with Crippen LogP contribution < -0.4 is 19.5 Å². The second kappa shape index (κ2) is 11.1. The summed E-state index contributed by atoms with van der Waals surface area (Å²) in [6.07, 6.45) is 4.72. The molecule has 1 heterocycles. The maximum absolute atomic E-state index is 12.3. The van der Waals surface area contributed by atoms with Gasteiger partial charge in [-0.05, 0) is 57.5 Å². The minimum absolute atomic E-state index is 0. The molecular formula is C18H29ClN2O4. The number of ether oxygens (including phenoxy) is 3. The van der Waals surface area contributed by atoms with Crippen LogP contribution in [0.5, 0.6) is 17.2 Å². The molecule has 25 heavy (non-hydrogen) atoms. The molecular weight excluding hydrogens is 344 g/mol. The summed E-state index contributed by atoms with van der Waals surface area (Å²) in [5.74, 6) is 1.32. The molecule has 7 heteroatoms. The zero-order chi connectivity index (χ0) is 17.4. The van der Waals surface area contributed by atoms with Crippen LogP contribution in [-0.4, -0.2) is 58.3 Å². The zero-order valence-corrected chi connectivity index (χ0v) is 16.1. The van der Waals surface area contributed by atoms with Gasteiger partial charge in [0.1, 0.15) is 0 Å². The van der Waals surface area contributed by atoms with Crippen LogP contribution in [0.15, 0.2) is 12.1 Å². The summed E-state index contributed by atoms with van der Waals surface area (Å²) < 4.78 is 15.8. The lowest BCUT2D eigenvalue weighted by molar-refractivity contribution is 0.0952. The predicted molar refractivity (Wildman–Crippen MR) is 101 cm³/mol. The molecule has 1 aromatic carbocycles. The Bertz CT molecular complexity index is 523. The Kier molecular flexibility index (Phi) is 9.45. The first kappa shape index (κ1) is 21.4. The Morgan fingerprint density at radius 1 is 1.04 bits per heavy atom. The van der Waals surface area contributed by atoms with Crippen molar-refractivity contribution in [3.8, 4) is 17.2 Å². The fraction of sp³-hybridized carbons (Fsp3) is 0.611. The number of unbranched alkanes of at least 4 members (excludes halogenated alkanes) is 1. The standard InChI is InChI=1S/C18H28N2O4.ClH/c1-22-15-12-14(13-16(23-2)17(15)24-3)18(21)19-8-4-5-9-20-10-6-7-11-20;/h12-13H,4-11H2,1-3H3,(H,19,21);1H. The van der Waals surface area contributed by atoms with Crippen LogP contribution in [0.3, 0.4) is 0 Å². The SMILES string of the molecule is COc1cc(C(=O)NCCCCN2CCCC2)cc(OC)c1OC.Cl. The third-order valence-corrected chi connectivity index (χ3v) is 4.31. The average molecular weight is 373 g/mol. The molecule has 1 saturated heterocycles. The summed E-state index contributed by atoms with van der Waals surface area (Å²) in [5.41, 5.74) is 0.504. The minimum atomic E-state index is -0.129. The maximum atomic E-state index is 12.3. The molecule has 0 radical (unpaired) electrons. The van der Waals surface area contributed by atoms with Gasteiger partial charge in [0.05, 0.1) is 21.3 Å². The third-order valence-electron chi connectivity index (χ3n) is 4.31. The number of nitrogens with one attached hydrogen (secondary N) is 1. The number of halogens is 1. The van der Waals surface area contributed by atoms with Crippen LogP contribution in [-0.2, 0) is 0 Å². The first-order chi connectivity index (χ1) is 11.7. The smallest absolute Gasteiger partial charge is 0.251 e. The molecule has 2 rings (SSSR count). The minimum Gasteiger partial charge on any atom is -0.493 e. The molecule has 0 spiro atoms. The van der Waals surface area contributed by atoms with E-state index in [1.807, 2.05) is 0 Å². The van der Waals surface area contributed by atoms with Gasteiger partial charge in [-0.1, -0.05) is 0 Å². The fourth-order valence-corrected chi connectivity index (χ4v) is 2.98. The molecule has 0 aliphatic carbocycles. The van der Waals surface area contributed by atoms with Gasteiger partial charge in [0.25, 0.3) is 5.91 Å². The highest BCUT2D eigenvalue weighted by Gasteiger charge is 2.16. The van der Waals surface area contributed by atoms with E-state index in [-0.39, 0.29) is 18.3 Å². The second-order valence-electron chi connectivity index (χ2n) is 5.93. The zero-order valence-electron chi connectivity index (χ0n) is 15.3. The molecule has 0 aromatic heterocycles. The fourth-order valence-electron chi connectivity index (χ4n) is 2.98. The van der Waals surface area contributed by atoms with Crippen molar-refractivity contribution in [2.24, 2.45) is 0 Å². The van der Waals surface area contributed by atoms with E-state index in [9.17, 15) is 4.79 Å². The normalized spacial score (nSPS) is 13.9. The molecule has 0 atom stereocenters. The van der Waals surface area contributed by atoms with Gasteiger partial charge in [0, 0.05) is 12.1 Å². The molecule has 1 amide bonds. The van der Waals surface area contributed by atoms with Gasteiger partial charge in [0.2, 0.25) is 5.75 Å². The number of methoxy groups -OCH3 is 3. The van der Waals surface area contributed by atoms with E-state index in [0.29, 0.717) is 29.4 Å². The van der Waals surface area contributed by atoms with Crippen molar-refractivity contribution >= 4 is 18.3 Å². The summed E-state index contributed by atoms with van der Waals surface area (Å²) in [4.78, 5) is 14.8. The number of carbonyl (C=O) groups excluding carboxylic acids is 1. The van der Waals surface area contributed by atoms with Crippen LogP contribution in [0.25, 0.3) is 0 Å². The van der Waals surface area contributed by atoms with Crippen LogP contribution in [0.2, 0.25) is 0 Å². The van der Waals surface area contributed by atoms with Gasteiger partial charge in [-0.15, -0.1) is 12.4 Å². The molecule has 1 aromatic rings. The summed E-state index contributed by atoms with van der Waals surface area (Å²) in [6.45, 7) is 4.24. The largest absolute Gasteiger partial charge is 0.493 e. The highest BCUT2D eigenvalue weighted by atomic mass is 35.5. The highest BCUT2D eigenvalue weighted by Crippen LogP contribution is 2.38. The van der Waals surface area contributed by atoms with Crippen molar-refractivity contribution in [1.29, 1.82) is 0 Å². The number of benzene rings is 1. The molecule has 1 fully saturated rings. The molecule has 0 unspecified atom stereocenters. The van der Waals surface area contributed by atoms with E-state index in [1.165, 1.54) is 40.2 Å². The molecule has 0 bridgehead atoms. The lowest BCUT2D eigenvalue weighted by Crippen LogP contribution is -2.26. The van der Waals surface area contributed by atoms with E-state index < -0.39 is 0 Å². The first-order valence-electron chi connectivity index (χ1n) is 8.50. The number of likely N-dealkylation sites (tertiary alicyclic amines) is 1. The molecule has 1 N–H and O–H groups in total. The summed E-state index contributed by atoms with van der Waals surface area (Å²) in [5, 5.41) is 2.96. The average Bonchev–Trinajstić information content (AvgIpc) is 3.13. The number of carbonyl (C=O) groups is 1. The first-order valence-corrected chi connectivity index (χ1v) is 8.50. The van der Waals surface area contributed by atoms with Gasteiger partial charge in [0.15, 0.2) is 11.5 Å². The Hall–Kier alpha value is -1.66. The Balaban J connectivity index is 0.00000312. The Morgan fingerprint density at radius 2 is 1.64 bits per heavy atom. The quantitative estimate of drug-likeness (QED) is 0.675. The van der Waals surface area contributed by atoms with Crippen LogP contribution in [0.4, 0.5) is 0 Å². The monoisotopic (exact) mass is 372 g/mol. The Labute approximate surface area is 156 Å². The molecule has 6 nitrogen and oxygen atoms in total. The van der Waals surface area contributed by atoms with Crippen molar-refractivity contribution in [2.45, 2.75) is 25.7 Å². The van der Waals surface area contributed by atoms with Crippen LogP contribution in [0, 0.1) is 0 Å². The number of nitrogens with zero attached hydrogens (tertiary/aromatic N) is 1. The lowest BCUT2D eigenvalue weighted by Gasteiger charge is -2.15. The number of rotatable bonds is 9. The van der Waals surface area contributed by atoms with E-state index >= 15 is 0 Å². The topological polar surface area (TPSA) is 60.0 Å². The van der Waals surface area contributed by atoms with Crippen molar-refractivity contribution in [1.82, 2.24) is 10.2 Å². The van der Waals surface area contributed by atoms with Crippen LogP contribution >= 0.6 is 12.4 Å². The van der Waals surface area contributed by atoms with Gasteiger partial charge in [-0.25, -0.2) is 0 Å². The number of hydrogen-bond acceptors (Lipinski definition) is 5. The van der Waals surface area contributed by atoms with Gasteiger partial charge in [-0.3, -0.25) is 4.79 Å². The van der Waals surface area contributed by atoms with Crippen molar-refractivity contribution in [3.63, 3.8) is 0 Å². The van der Waals surface area contributed by atoms with Crippen molar-refractivity contribution < 1.29 is 19.0 Å². The van der Waals surface area contributed by atoms with E-state index in [2.05, 4.69) is 10.2 Å². The van der Waals surface area contributed by atoms with E-state index in [4.69, 9.17) is 14.2 Å². The maximum Gasteiger partial charge on any atom is 0.251 e. The lowest BCUT2D eigenvalue weighted by atomic mass is 10.1. The molecule has 142 valence electrons. The number of hydrogen-bond donors (Lipinski definition) is 1. The highest BCUT2D eigenvalue weighted by molar-refractivity contribution is 5.95. The van der Waals surface area contributed by atoms with Gasteiger partial charge in [-0.2, -0.15) is 0 Å². The van der Waals surface area contributed by atoms with Crippen LogP contribution in [0.1, 0.15) is 36.0 Å². The summed E-state index contributed by atoms with van der Waals surface area (Å²) >= 11 is 0. The molecule has 1 aliphatic rings. The number of amides is 1. The van der Waals surface area contributed by atoms with Crippen molar-refractivity contribution in [2.75, 3.05) is 47.5 Å². The van der Waals surface area contributed by atoms with Gasteiger partial charge >= 0.3 is 0 Å². The van der Waals surface area contributed by atoms with Crippen molar-refractivity contribution in [3.05, 3.63) is 17.7 Å². The second-order valence-corrected chi connectivity index (χ2v) is 5.93. The summed E-state index contributed by atoms with van der Waals surface area (Å²) in [7, 11) is 4.62. The van der Waals surface area contributed by atoms with E-state index in [1.54, 1.807) is 19.2 Å². The predicted octanol–water partition coefficient (Wildman–Crippen LogP) is 2.74. The van der Waals surface area contributed by atoms with E-state index in [0.717, 1.165) is 19.4 Å².